The molecular formula is C12H22F3NO. The first-order valence-electron chi connectivity index (χ1n) is 6.34. The third kappa shape index (κ3) is 6.27. The Bertz CT molecular complexity index is 214. The van der Waals surface area contributed by atoms with Crippen LogP contribution >= 0.6 is 0 Å². The number of ether oxygens (including phenoxy) is 1. The number of halogens is 3. The zero-order chi connectivity index (χ0) is 12.9. The quantitative estimate of drug-likeness (QED) is 0.756. The van der Waals surface area contributed by atoms with Crippen LogP contribution in [-0.4, -0.2) is 24.9 Å². The summed E-state index contributed by atoms with van der Waals surface area (Å²) in [4.78, 5) is 0. The van der Waals surface area contributed by atoms with Crippen molar-refractivity contribution in [2.45, 2.75) is 63.8 Å². The maximum Gasteiger partial charge on any atom is 0.389 e. The Labute approximate surface area is 101 Å². The van der Waals surface area contributed by atoms with Gasteiger partial charge in [0.2, 0.25) is 0 Å². The smallest absolute Gasteiger partial charge is 0.378 e. The van der Waals surface area contributed by atoms with E-state index in [1.54, 1.807) is 0 Å². The highest BCUT2D eigenvalue weighted by Gasteiger charge is 2.31. The van der Waals surface area contributed by atoms with E-state index in [4.69, 9.17) is 10.5 Å². The van der Waals surface area contributed by atoms with Crippen molar-refractivity contribution in [3.63, 3.8) is 0 Å². The molecule has 0 spiro atoms. The zero-order valence-electron chi connectivity index (χ0n) is 10.3. The molecular weight excluding hydrogens is 231 g/mol. The third-order valence-electron chi connectivity index (χ3n) is 3.27. The molecule has 1 aliphatic rings. The van der Waals surface area contributed by atoms with Crippen LogP contribution in [-0.2, 0) is 4.74 Å². The summed E-state index contributed by atoms with van der Waals surface area (Å²) in [5, 5.41) is 0. The molecule has 0 aliphatic heterocycles. The van der Waals surface area contributed by atoms with Crippen LogP contribution in [0, 0.1) is 5.92 Å². The molecule has 0 aromatic rings. The minimum atomic E-state index is -4.05. The molecule has 1 atom stereocenters. The van der Waals surface area contributed by atoms with Crippen molar-refractivity contribution in [1.82, 2.24) is 0 Å². The van der Waals surface area contributed by atoms with Gasteiger partial charge in [0.1, 0.15) is 0 Å². The molecule has 0 amide bonds. The lowest BCUT2D eigenvalue weighted by Gasteiger charge is -2.36. The second kappa shape index (κ2) is 6.59. The van der Waals surface area contributed by atoms with Crippen LogP contribution < -0.4 is 5.73 Å². The van der Waals surface area contributed by atoms with Crippen molar-refractivity contribution in [2.75, 3.05) is 6.61 Å². The third-order valence-corrected chi connectivity index (χ3v) is 3.27. The van der Waals surface area contributed by atoms with Crippen LogP contribution in [0.3, 0.4) is 0 Å². The SMILES string of the molecule is CCOC1CC(CC(N)CCCC(F)(F)F)C1. The van der Waals surface area contributed by atoms with E-state index in [9.17, 15) is 13.2 Å². The number of rotatable bonds is 7. The second-order valence-electron chi connectivity index (χ2n) is 4.92. The van der Waals surface area contributed by atoms with E-state index in [0.29, 0.717) is 18.4 Å². The monoisotopic (exact) mass is 253 g/mol. The Morgan fingerprint density at radius 3 is 2.53 bits per heavy atom. The molecule has 17 heavy (non-hydrogen) atoms. The lowest BCUT2D eigenvalue weighted by atomic mass is 9.77. The number of hydrogen-bond donors (Lipinski definition) is 1. The average Bonchev–Trinajstić information content (AvgIpc) is 2.12. The van der Waals surface area contributed by atoms with Crippen molar-refractivity contribution in [3.05, 3.63) is 0 Å². The molecule has 1 aliphatic carbocycles. The largest absolute Gasteiger partial charge is 0.389 e. The number of alkyl halides is 3. The molecule has 1 rings (SSSR count). The van der Waals surface area contributed by atoms with Gasteiger partial charge >= 0.3 is 6.18 Å². The van der Waals surface area contributed by atoms with Gasteiger partial charge in [-0.15, -0.1) is 0 Å². The molecule has 2 N–H and O–H groups in total. The highest BCUT2D eigenvalue weighted by Crippen LogP contribution is 2.34. The average molecular weight is 253 g/mol. The van der Waals surface area contributed by atoms with Gasteiger partial charge in [-0.3, -0.25) is 0 Å². The molecule has 5 heteroatoms. The fourth-order valence-corrected chi connectivity index (χ4v) is 2.35. The first-order chi connectivity index (χ1) is 7.90. The Morgan fingerprint density at radius 2 is 2.00 bits per heavy atom. The van der Waals surface area contributed by atoms with Gasteiger partial charge in [0.25, 0.3) is 0 Å². The standard InChI is InChI=1S/C12H22F3NO/c1-2-17-11-7-9(8-11)6-10(16)4-3-5-12(13,14)15/h9-11H,2-8,16H2,1H3. The van der Waals surface area contributed by atoms with Crippen molar-refractivity contribution < 1.29 is 17.9 Å². The van der Waals surface area contributed by atoms with Gasteiger partial charge < -0.3 is 10.5 Å². The maximum atomic E-state index is 11.9. The van der Waals surface area contributed by atoms with Gasteiger partial charge in [0.15, 0.2) is 0 Å². The zero-order valence-corrected chi connectivity index (χ0v) is 10.3. The van der Waals surface area contributed by atoms with Gasteiger partial charge in [-0.25, -0.2) is 0 Å². The van der Waals surface area contributed by atoms with Crippen molar-refractivity contribution in [2.24, 2.45) is 11.7 Å². The summed E-state index contributed by atoms with van der Waals surface area (Å²) in [5.41, 5.74) is 5.82. The van der Waals surface area contributed by atoms with Crippen molar-refractivity contribution in [3.8, 4) is 0 Å². The summed E-state index contributed by atoms with van der Waals surface area (Å²) in [6.07, 6.45) is -0.930. The molecule has 0 aromatic carbocycles. The molecule has 0 saturated heterocycles. The molecule has 1 saturated carbocycles. The minimum Gasteiger partial charge on any atom is -0.378 e. The summed E-state index contributed by atoms with van der Waals surface area (Å²) in [6, 6.07) is -0.0927. The van der Waals surface area contributed by atoms with E-state index in [1.165, 1.54) is 0 Å². The Kier molecular flexibility index (Phi) is 5.73. The highest BCUT2D eigenvalue weighted by molar-refractivity contribution is 4.83. The highest BCUT2D eigenvalue weighted by atomic mass is 19.4. The fraction of sp³-hybridized carbons (Fsp3) is 1.00. The van der Waals surface area contributed by atoms with Crippen LogP contribution in [0.15, 0.2) is 0 Å². The normalized spacial score (nSPS) is 26.6. The number of nitrogens with two attached hydrogens (primary N) is 1. The second-order valence-corrected chi connectivity index (χ2v) is 4.92. The van der Waals surface area contributed by atoms with Crippen LogP contribution in [0.2, 0.25) is 0 Å². The van der Waals surface area contributed by atoms with Gasteiger partial charge in [0.05, 0.1) is 6.10 Å². The number of hydrogen-bond acceptors (Lipinski definition) is 2. The van der Waals surface area contributed by atoms with E-state index in [2.05, 4.69) is 0 Å². The van der Waals surface area contributed by atoms with E-state index < -0.39 is 12.6 Å². The van der Waals surface area contributed by atoms with E-state index in [1.807, 2.05) is 6.92 Å². The van der Waals surface area contributed by atoms with Gasteiger partial charge in [-0.1, -0.05) is 0 Å². The predicted octanol–water partition coefficient (Wildman–Crippen LogP) is 3.25. The molecule has 1 unspecified atom stereocenters. The maximum absolute atomic E-state index is 11.9. The van der Waals surface area contributed by atoms with Gasteiger partial charge in [0, 0.05) is 19.1 Å². The van der Waals surface area contributed by atoms with Gasteiger partial charge in [-0.05, 0) is 44.9 Å². The van der Waals surface area contributed by atoms with E-state index in [-0.39, 0.29) is 12.5 Å². The first kappa shape index (κ1) is 14.8. The van der Waals surface area contributed by atoms with Crippen LogP contribution in [0.25, 0.3) is 0 Å². The fourth-order valence-electron chi connectivity index (χ4n) is 2.35. The molecule has 0 radical (unpaired) electrons. The summed E-state index contributed by atoms with van der Waals surface area (Å²) in [6.45, 7) is 2.70. The van der Waals surface area contributed by atoms with E-state index >= 15 is 0 Å². The van der Waals surface area contributed by atoms with Gasteiger partial charge in [-0.2, -0.15) is 13.2 Å². The van der Waals surface area contributed by atoms with Crippen molar-refractivity contribution in [1.29, 1.82) is 0 Å². The Hall–Kier alpha value is -0.290. The minimum absolute atomic E-state index is 0.0927. The molecule has 0 bridgehead atoms. The summed E-state index contributed by atoms with van der Waals surface area (Å²) in [7, 11) is 0. The lowest BCUT2D eigenvalue weighted by molar-refractivity contribution is -0.135. The molecule has 2 nitrogen and oxygen atoms in total. The first-order valence-corrected chi connectivity index (χ1v) is 6.34. The lowest BCUT2D eigenvalue weighted by Crippen LogP contribution is -2.35. The molecule has 1 fully saturated rings. The van der Waals surface area contributed by atoms with Crippen LogP contribution in [0.4, 0.5) is 13.2 Å². The van der Waals surface area contributed by atoms with Crippen LogP contribution in [0.5, 0.6) is 0 Å². The predicted molar refractivity (Wildman–Crippen MR) is 60.6 cm³/mol. The van der Waals surface area contributed by atoms with E-state index in [0.717, 1.165) is 25.9 Å². The molecule has 0 heterocycles. The van der Waals surface area contributed by atoms with Crippen molar-refractivity contribution >= 4 is 0 Å². The topological polar surface area (TPSA) is 35.2 Å². The summed E-state index contributed by atoms with van der Waals surface area (Å²) in [5.74, 6) is 0.549. The summed E-state index contributed by atoms with van der Waals surface area (Å²) < 4.78 is 41.2. The molecule has 102 valence electrons. The Morgan fingerprint density at radius 1 is 1.35 bits per heavy atom. The van der Waals surface area contributed by atoms with Crippen LogP contribution in [0.1, 0.15) is 45.4 Å². The Balaban J connectivity index is 2.01. The molecule has 0 aromatic heterocycles. The summed E-state index contributed by atoms with van der Waals surface area (Å²) >= 11 is 0.